The summed E-state index contributed by atoms with van der Waals surface area (Å²) in [6.07, 6.45) is 0. The maximum atomic E-state index is 13.0. The summed E-state index contributed by atoms with van der Waals surface area (Å²) in [7, 11) is -3.59. The van der Waals surface area contributed by atoms with Crippen LogP contribution in [0.15, 0.2) is 110 Å². The van der Waals surface area contributed by atoms with Gasteiger partial charge in [0.1, 0.15) is 17.1 Å². The molecule has 6 rings (SSSR count). The molecule has 0 saturated carbocycles. The van der Waals surface area contributed by atoms with Crippen molar-refractivity contribution in [3.8, 4) is 5.75 Å². The van der Waals surface area contributed by atoms with E-state index in [0.29, 0.717) is 22.2 Å². The number of hydrogen-bond donors (Lipinski definition) is 0. The van der Waals surface area contributed by atoms with Crippen LogP contribution in [0.3, 0.4) is 0 Å². The zero-order valence-corrected chi connectivity index (χ0v) is 21.9. The summed E-state index contributed by atoms with van der Waals surface area (Å²) in [5.41, 5.74) is 0.865. The Hall–Kier alpha value is -4.34. The van der Waals surface area contributed by atoms with Gasteiger partial charge in [0, 0.05) is 16.4 Å². The molecule has 182 valence electrons. The molecule has 5 aromatic rings. The van der Waals surface area contributed by atoms with Gasteiger partial charge in [0.15, 0.2) is 5.01 Å². The Morgan fingerprint density at radius 1 is 0.784 bits per heavy atom. The molecule has 0 spiro atoms. The Morgan fingerprint density at radius 3 is 2.11 bits per heavy atom. The quantitative estimate of drug-likeness (QED) is 0.327. The van der Waals surface area contributed by atoms with Crippen molar-refractivity contribution in [3.63, 3.8) is 0 Å². The van der Waals surface area contributed by atoms with E-state index in [0.717, 1.165) is 20.6 Å². The van der Waals surface area contributed by atoms with Crippen LogP contribution in [0, 0.1) is 6.92 Å². The lowest BCUT2D eigenvalue weighted by Crippen LogP contribution is -2.66. The molecule has 0 amide bonds. The summed E-state index contributed by atoms with van der Waals surface area (Å²) in [5.74, 6) is 0.996. The van der Waals surface area contributed by atoms with Crippen LogP contribution in [0.1, 0.15) is 23.3 Å². The Kier molecular flexibility index (Phi) is 5.78. The van der Waals surface area contributed by atoms with E-state index < -0.39 is 14.2 Å². The SMILES string of the molecule is C/C1=N/N=C(/c2nc3ccccc3s2)O[Si](c2ccccc2)(c2ccccc2)Oc2cc(C)oc(=O)c21. The fourth-order valence-corrected chi connectivity index (χ4v) is 8.21. The highest BCUT2D eigenvalue weighted by atomic mass is 32.1. The zero-order chi connectivity index (χ0) is 25.4. The first-order valence-electron chi connectivity index (χ1n) is 11.7. The smallest absolute Gasteiger partial charge is 0.505 e. The van der Waals surface area contributed by atoms with Gasteiger partial charge in [0.05, 0.1) is 15.9 Å². The van der Waals surface area contributed by atoms with Gasteiger partial charge in [-0.05, 0) is 26.0 Å². The zero-order valence-electron chi connectivity index (χ0n) is 20.0. The molecule has 7 nitrogen and oxygen atoms in total. The third-order valence-corrected chi connectivity index (χ3v) is 10.2. The Bertz CT molecular complexity index is 1660. The van der Waals surface area contributed by atoms with Gasteiger partial charge in [-0.3, -0.25) is 0 Å². The molecule has 0 bridgehead atoms. The van der Waals surface area contributed by atoms with Crippen LogP contribution in [-0.4, -0.2) is 25.2 Å². The van der Waals surface area contributed by atoms with E-state index in [1.54, 1.807) is 19.9 Å². The summed E-state index contributed by atoms with van der Waals surface area (Å²) >= 11 is 1.46. The molecule has 2 aromatic heterocycles. The number of hydrogen-bond acceptors (Lipinski definition) is 8. The lowest BCUT2D eigenvalue weighted by atomic mass is 10.2. The number of nitrogens with zero attached hydrogens (tertiary/aromatic N) is 3. The monoisotopic (exact) mass is 523 g/mol. The van der Waals surface area contributed by atoms with Crippen molar-refractivity contribution in [2.45, 2.75) is 13.8 Å². The van der Waals surface area contributed by atoms with E-state index in [1.807, 2.05) is 84.9 Å². The molecule has 1 aliphatic rings. The van der Waals surface area contributed by atoms with Crippen LogP contribution in [0.25, 0.3) is 10.2 Å². The van der Waals surface area contributed by atoms with Crippen molar-refractivity contribution >= 4 is 52.1 Å². The Balaban J connectivity index is 1.67. The average molecular weight is 524 g/mol. The molecule has 1 aliphatic heterocycles. The summed E-state index contributed by atoms with van der Waals surface area (Å²) in [5, 5.41) is 11.1. The standard InChI is InChI=1S/C28H21N3O4SSi/c1-18-17-23-25(28(32)33-18)19(2)30-31-26(27-29-22-15-9-10-16-24(22)36-27)35-37(34-23,20-11-5-3-6-12-20)21-13-7-4-8-14-21/h3-17H,1-2H3/b30-19-,31-26-. The minimum atomic E-state index is -3.59. The van der Waals surface area contributed by atoms with Crippen molar-refractivity contribution in [1.29, 1.82) is 0 Å². The summed E-state index contributed by atoms with van der Waals surface area (Å²) in [6, 6.07) is 29.1. The number of para-hydroxylation sites is 1. The predicted octanol–water partition coefficient (Wildman–Crippen LogP) is 4.39. The van der Waals surface area contributed by atoms with Crippen molar-refractivity contribution in [2.75, 3.05) is 0 Å². The first-order chi connectivity index (χ1) is 18.0. The van der Waals surface area contributed by atoms with Crippen LogP contribution >= 0.6 is 11.3 Å². The van der Waals surface area contributed by atoms with Crippen LogP contribution in [0.2, 0.25) is 0 Å². The van der Waals surface area contributed by atoms with Crippen molar-refractivity contribution in [1.82, 2.24) is 4.98 Å². The molecule has 37 heavy (non-hydrogen) atoms. The molecule has 0 atom stereocenters. The van der Waals surface area contributed by atoms with Gasteiger partial charge in [-0.25, -0.2) is 9.78 Å². The van der Waals surface area contributed by atoms with Gasteiger partial charge in [-0.15, -0.1) is 16.4 Å². The molecular weight excluding hydrogens is 502 g/mol. The first kappa shape index (κ1) is 23.1. The van der Waals surface area contributed by atoms with E-state index in [-0.39, 0.29) is 11.5 Å². The van der Waals surface area contributed by atoms with Crippen LogP contribution < -0.4 is 20.4 Å². The number of rotatable bonds is 3. The second kappa shape index (κ2) is 9.27. The van der Waals surface area contributed by atoms with Crippen molar-refractivity contribution in [3.05, 3.63) is 118 Å². The number of thiazole rings is 1. The molecule has 9 heteroatoms. The van der Waals surface area contributed by atoms with E-state index >= 15 is 0 Å². The minimum absolute atomic E-state index is 0.215. The minimum Gasteiger partial charge on any atom is -0.505 e. The predicted molar refractivity (Wildman–Crippen MR) is 148 cm³/mol. The fourth-order valence-electron chi connectivity index (χ4n) is 4.26. The van der Waals surface area contributed by atoms with Gasteiger partial charge < -0.3 is 13.3 Å². The van der Waals surface area contributed by atoms with Gasteiger partial charge >= 0.3 is 14.2 Å². The Morgan fingerprint density at radius 2 is 1.43 bits per heavy atom. The molecule has 0 saturated heterocycles. The normalized spacial score (nSPS) is 17.6. The van der Waals surface area contributed by atoms with Gasteiger partial charge in [0.2, 0.25) is 0 Å². The molecule has 0 fully saturated rings. The number of aromatic nitrogens is 1. The second-order valence-corrected chi connectivity index (χ2v) is 12.3. The molecule has 0 N–H and O–H groups in total. The molecule has 3 heterocycles. The maximum Gasteiger partial charge on any atom is 0.532 e. The molecule has 0 unspecified atom stereocenters. The summed E-state index contributed by atoms with van der Waals surface area (Å²) in [6.45, 7) is 3.41. The largest absolute Gasteiger partial charge is 0.532 e. The highest BCUT2D eigenvalue weighted by Gasteiger charge is 2.50. The second-order valence-electron chi connectivity index (χ2n) is 8.51. The maximum absolute atomic E-state index is 13.0. The molecular formula is C28H21N3O4SSi. The Labute approximate surface area is 217 Å². The third kappa shape index (κ3) is 4.18. The van der Waals surface area contributed by atoms with E-state index in [4.69, 9.17) is 18.3 Å². The average Bonchev–Trinajstić information content (AvgIpc) is 3.36. The highest BCUT2D eigenvalue weighted by Crippen LogP contribution is 2.28. The lowest BCUT2D eigenvalue weighted by molar-refractivity contribution is 0.401. The van der Waals surface area contributed by atoms with Crippen molar-refractivity contribution in [2.24, 2.45) is 10.2 Å². The first-order valence-corrected chi connectivity index (χ1v) is 14.3. The molecule has 3 aromatic carbocycles. The van der Waals surface area contributed by atoms with Crippen LogP contribution in [0.4, 0.5) is 0 Å². The third-order valence-electron chi connectivity index (χ3n) is 5.97. The summed E-state index contributed by atoms with van der Waals surface area (Å²) < 4.78 is 20.2. The van der Waals surface area contributed by atoms with Gasteiger partial charge in [-0.1, -0.05) is 72.8 Å². The van der Waals surface area contributed by atoms with Gasteiger partial charge in [0.25, 0.3) is 5.90 Å². The molecule has 0 radical (unpaired) electrons. The van der Waals surface area contributed by atoms with Crippen molar-refractivity contribution < 1.29 is 13.3 Å². The van der Waals surface area contributed by atoms with E-state index in [2.05, 4.69) is 10.2 Å². The number of aryl methyl sites for hydroxylation is 1. The number of benzene rings is 3. The lowest BCUT2D eigenvalue weighted by Gasteiger charge is -2.32. The number of fused-ring (bicyclic) bond motifs is 2. The highest BCUT2D eigenvalue weighted by molar-refractivity contribution is 7.20. The van der Waals surface area contributed by atoms with E-state index in [1.165, 1.54) is 11.3 Å². The summed E-state index contributed by atoms with van der Waals surface area (Å²) in [4.78, 5) is 17.8. The topological polar surface area (TPSA) is 86.3 Å². The van der Waals surface area contributed by atoms with E-state index in [9.17, 15) is 4.79 Å². The van der Waals surface area contributed by atoms with Crippen LogP contribution in [0.5, 0.6) is 5.75 Å². The van der Waals surface area contributed by atoms with Gasteiger partial charge in [-0.2, -0.15) is 5.10 Å². The fraction of sp³-hybridized carbons (Fsp3) is 0.0714. The van der Waals surface area contributed by atoms with Crippen LogP contribution in [-0.2, 0) is 4.43 Å². The molecule has 0 aliphatic carbocycles.